The third-order valence-corrected chi connectivity index (χ3v) is 2.43. The fourth-order valence-corrected chi connectivity index (χ4v) is 1.50. The van der Waals surface area contributed by atoms with Crippen molar-refractivity contribution < 1.29 is 23.5 Å². The molecule has 1 N–H and O–H groups in total. The molecule has 0 saturated carbocycles. The standard InChI is InChI=1S/C12H12O5/c1-7-5-6-16-11(7)10(13)8-3-4-9(17-8)12(14)15-2/h3-6,10,13H,1-2H3. The molecule has 0 bridgehead atoms. The summed E-state index contributed by atoms with van der Waals surface area (Å²) in [5.41, 5.74) is 0.813. The van der Waals surface area contributed by atoms with Crippen molar-refractivity contribution in [2.75, 3.05) is 7.11 Å². The predicted octanol–water partition coefficient (Wildman–Crippen LogP) is 2.05. The topological polar surface area (TPSA) is 72.8 Å². The van der Waals surface area contributed by atoms with Gasteiger partial charge in [0.05, 0.1) is 13.4 Å². The Morgan fingerprint density at radius 3 is 2.76 bits per heavy atom. The zero-order valence-corrected chi connectivity index (χ0v) is 9.47. The molecule has 1 unspecified atom stereocenters. The normalized spacial score (nSPS) is 12.4. The van der Waals surface area contributed by atoms with Crippen LogP contribution in [0.2, 0.25) is 0 Å². The number of ether oxygens (including phenoxy) is 1. The number of furan rings is 2. The minimum atomic E-state index is -1.02. The van der Waals surface area contributed by atoms with Crippen LogP contribution in [0.3, 0.4) is 0 Å². The molecule has 2 aromatic rings. The molecule has 0 aliphatic rings. The van der Waals surface area contributed by atoms with Crippen molar-refractivity contribution in [1.82, 2.24) is 0 Å². The lowest BCUT2D eigenvalue weighted by atomic mass is 10.1. The number of aliphatic hydroxyl groups excluding tert-OH is 1. The number of carbonyl (C=O) groups excluding carboxylic acids is 1. The summed E-state index contributed by atoms with van der Waals surface area (Å²) >= 11 is 0. The van der Waals surface area contributed by atoms with Crippen LogP contribution in [-0.2, 0) is 4.74 Å². The van der Waals surface area contributed by atoms with Crippen LogP contribution in [0.25, 0.3) is 0 Å². The predicted molar refractivity (Wildman–Crippen MR) is 57.6 cm³/mol. The lowest BCUT2D eigenvalue weighted by Crippen LogP contribution is -2.00. The Morgan fingerprint density at radius 2 is 2.18 bits per heavy atom. The van der Waals surface area contributed by atoms with Crippen LogP contribution < -0.4 is 0 Å². The molecular formula is C12H12O5. The zero-order valence-electron chi connectivity index (χ0n) is 9.47. The molecule has 0 aliphatic carbocycles. The minimum Gasteiger partial charge on any atom is -0.466 e. The Morgan fingerprint density at radius 1 is 1.41 bits per heavy atom. The molecule has 90 valence electrons. The van der Waals surface area contributed by atoms with Gasteiger partial charge in [-0.25, -0.2) is 4.79 Å². The van der Waals surface area contributed by atoms with Crippen molar-refractivity contribution >= 4 is 5.97 Å². The first-order valence-corrected chi connectivity index (χ1v) is 5.03. The van der Waals surface area contributed by atoms with Crippen LogP contribution in [0, 0.1) is 6.92 Å². The number of hydrogen-bond acceptors (Lipinski definition) is 5. The van der Waals surface area contributed by atoms with Crippen LogP contribution in [0.4, 0.5) is 0 Å². The molecule has 1 atom stereocenters. The quantitative estimate of drug-likeness (QED) is 0.825. The number of methoxy groups -OCH3 is 1. The molecule has 0 spiro atoms. The molecule has 5 nitrogen and oxygen atoms in total. The van der Waals surface area contributed by atoms with Gasteiger partial charge < -0.3 is 18.7 Å². The maximum Gasteiger partial charge on any atom is 0.373 e. The largest absolute Gasteiger partial charge is 0.466 e. The van der Waals surface area contributed by atoms with E-state index < -0.39 is 12.1 Å². The summed E-state index contributed by atoms with van der Waals surface area (Å²) in [7, 11) is 1.26. The van der Waals surface area contributed by atoms with Gasteiger partial charge >= 0.3 is 5.97 Å². The Hall–Kier alpha value is -2.01. The Balaban J connectivity index is 2.26. The smallest absolute Gasteiger partial charge is 0.373 e. The Labute approximate surface area is 97.6 Å². The summed E-state index contributed by atoms with van der Waals surface area (Å²) < 4.78 is 14.8. The second-order valence-electron chi connectivity index (χ2n) is 3.56. The highest BCUT2D eigenvalue weighted by Crippen LogP contribution is 2.26. The van der Waals surface area contributed by atoms with Gasteiger partial charge in [-0.1, -0.05) is 0 Å². The third kappa shape index (κ3) is 2.09. The van der Waals surface area contributed by atoms with E-state index in [4.69, 9.17) is 8.83 Å². The van der Waals surface area contributed by atoms with Gasteiger partial charge in [-0.05, 0) is 30.7 Å². The summed E-state index contributed by atoms with van der Waals surface area (Å²) in [5.74, 6) is 0.101. The summed E-state index contributed by atoms with van der Waals surface area (Å²) in [6.07, 6.45) is 0.460. The first kappa shape index (κ1) is 11.5. The highest BCUT2D eigenvalue weighted by Gasteiger charge is 2.21. The van der Waals surface area contributed by atoms with Crippen molar-refractivity contribution in [2.24, 2.45) is 0 Å². The fraction of sp³-hybridized carbons (Fsp3) is 0.250. The van der Waals surface area contributed by atoms with Crippen LogP contribution >= 0.6 is 0 Å². The van der Waals surface area contributed by atoms with E-state index in [2.05, 4.69) is 4.74 Å². The van der Waals surface area contributed by atoms with Crippen molar-refractivity contribution in [2.45, 2.75) is 13.0 Å². The molecular weight excluding hydrogens is 224 g/mol. The van der Waals surface area contributed by atoms with Crippen molar-refractivity contribution in [1.29, 1.82) is 0 Å². The van der Waals surface area contributed by atoms with Crippen LogP contribution in [0.15, 0.2) is 33.3 Å². The molecule has 0 radical (unpaired) electrons. The van der Waals surface area contributed by atoms with Gasteiger partial charge in [0.25, 0.3) is 0 Å². The van der Waals surface area contributed by atoms with Crippen LogP contribution in [0.1, 0.15) is 33.7 Å². The monoisotopic (exact) mass is 236 g/mol. The summed E-state index contributed by atoms with van der Waals surface area (Å²) in [6.45, 7) is 1.81. The Kier molecular flexibility index (Phi) is 3.01. The van der Waals surface area contributed by atoms with Gasteiger partial charge in [-0.3, -0.25) is 0 Å². The molecule has 5 heteroatoms. The lowest BCUT2D eigenvalue weighted by Gasteiger charge is -2.05. The molecule has 0 aliphatic heterocycles. The number of rotatable bonds is 3. The van der Waals surface area contributed by atoms with E-state index in [0.717, 1.165) is 5.56 Å². The van der Waals surface area contributed by atoms with Crippen LogP contribution in [-0.4, -0.2) is 18.2 Å². The van der Waals surface area contributed by atoms with Crippen molar-refractivity contribution in [3.8, 4) is 0 Å². The third-order valence-electron chi connectivity index (χ3n) is 2.43. The van der Waals surface area contributed by atoms with Gasteiger partial charge in [0.1, 0.15) is 11.5 Å². The zero-order chi connectivity index (χ0) is 12.4. The van der Waals surface area contributed by atoms with Gasteiger partial charge in [-0.2, -0.15) is 0 Å². The van der Waals surface area contributed by atoms with E-state index in [1.807, 2.05) is 6.92 Å². The van der Waals surface area contributed by atoms with Crippen molar-refractivity contribution in [3.05, 3.63) is 47.3 Å². The summed E-state index contributed by atoms with van der Waals surface area (Å²) in [5, 5.41) is 9.99. The Bertz CT molecular complexity index is 522. The fourth-order valence-electron chi connectivity index (χ4n) is 1.50. The van der Waals surface area contributed by atoms with Gasteiger partial charge in [-0.15, -0.1) is 0 Å². The van der Waals surface area contributed by atoms with E-state index in [1.54, 1.807) is 6.07 Å². The van der Waals surface area contributed by atoms with E-state index >= 15 is 0 Å². The second kappa shape index (κ2) is 4.47. The lowest BCUT2D eigenvalue weighted by molar-refractivity contribution is 0.0556. The highest BCUT2D eigenvalue weighted by molar-refractivity contribution is 5.86. The maximum atomic E-state index is 11.2. The second-order valence-corrected chi connectivity index (χ2v) is 3.56. The van der Waals surface area contributed by atoms with Gasteiger partial charge in [0, 0.05) is 0 Å². The van der Waals surface area contributed by atoms with Gasteiger partial charge in [0.2, 0.25) is 5.76 Å². The molecule has 2 rings (SSSR count). The molecule has 2 aromatic heterocycles. The number of esters is 1. The molecule has 17 heavy (non-hydrogen) atoms. The molecule has 0 fully saturated rings. The molecule has 0 saturated heterocycles. The maximum absolute atomic E-state index is 11.2. The molecule has 0 aromatic carbocycles. The number of carbonyl (C=O) groups is 1. The highest BCUT2D eigenvalue weighted by atomic mass is 16.5. The SMILES string of the molecule is COC(=O)c1ccc(C(O)c2occc2C)o1. The van der Waals surface area contributed by atoms with Crippen LogP contribution in [0.5, 0.6) is 0 Å². The van der Waals surface area contributed by atoms with E-state index in [0.29, 0.717) is 5.76 Å². The summed E-state index contributed by atoms with van der Waals surface area (Å²) in [4.78, 5) is 11.2. The number of aliphatic hydroxyl groups is 1. The molecule has 2 heterocycles. The average molecular weight is 236 g/mol. The van der Waals surface area contributed by atoms with E-state index in [-0.39, 0.29) is 11.5 Å². The van der Waals surface area contributed by atoms with E-state index in [1.165, 1.54) is 25.5 Å². The summed E-state index contributed by atoms with van der Waals surface area (Å²) in [6, 6.07) is 4.70. The van der Waals surface area contributed by atoms with E-state index in [9.17, 15) is 9.90 Å². The molecule has 0 amide bonds. The number of aryl methyl sites for hydroxylation is 1. The van der Waals surface area contributed by atoms with Crippen molar-refractivity contribution in [3.63, 3.8) is 0 Å². The average Bonchev–Trinajstić information content (AvgIpc) is 2.95. The number of hydrogen-bond donors (Lipinski definition) is 1. The van der Waals surface area contributed by atoms with Gasteiger partial charge in [0.15, 0.2) is 6.10 Å². The minimum absolute atomic E-state index is 0.0470. The first-order valence-electron chi connectivity index (χ1n) is 5.03. The first-order chi connectivity index (χ1) is 8.13.